The smallest absolute Gasteiger partial charge is 0.147 e. The lowest BCUT2D eigenvalue weighted by atomic mass is 10.1. The minimum atomic E-state index is -0.316. The normalized spacial score (nSPS) is 10.4. The predicted molar refractivity (Wildman–Crippen MR) is 80.0 cm³/mol. The minimum Gasteiger partial charge on any atom is -0.298 e. The molecule has 0 atom stereocenters. The molecule has 0 aliphatic heterocycles. The summed E-state index contributed by atoms with van der Waals surface area (Å²) in [4.78, 5) is 12.8. The van der Waals surface area contributed by atoms with Gasteiger partial charge < -0.3 is 0 Å². The van der Waals surface area contributed by atoms with Crippen LogP contribution in [0.5, 0.6) is 0 Å². The van der Waals surface area contributed by atoms with E-state index in [4.69, 9.17) is 0 Å². The van der Waals surface area contributed by atoms with Crippen LogP contribution >= 0.6 is 27.7 Å². The quantitative estimate of drug-likeness (QED) is 0.747. The zero-order valence-corrected chi connectivity index (χ0v) is 12.5. The molecule has 0 unspecified atom stereocenters. The van der Waals surface area contributed by atoms with E-state index in [-0.39, 0.29) is 18.0 Å². The van der Waals surface area contributed by atoms with E-state index in [1.54, 1.807) is 18.2 Å². The fraction of sp³-hybridized carbons (Fsp3) is 0.133. The summed E-state index contributed by atoms with van der Waals surface area (Å²) in [7, 11) is 0. The Morgan fingerprint density at radius 1 is 1.16 bits per heavy atom. The molecule has 4 heteroatoms. The molecule has 0 bridgehead atoms. The molecule has 0 aliphatic carbocycles. The number of ketones is 1. The first-order valence-electron chi connectivity index (χ1n) is 5.78. The van der Waals surface area contributed by atoms with Crippen molar-refractivity contribution in [2.75, 3.05) is 5.75 Å². The van der Waals surface area contributed by atoms with Crippen LogP contribution in [0.4, 0.5) is 4.39 Å². The summed E-state index contributed by atoms with van der Waals surface area (Å²) in [5.74, 6) is 0.0588. The van der Waals surface area contributed by atoms with E-state index in [2.05, 4.69) is 15.9 Å². The zero-order valence-electron chi connectivity index (χ0n) is 10.1. The highest BCUT2D eigenvalue weighted by molar-refractivity contribution is 9.10. The van der Waals surface area contributed by atoms with Gasteiger partial charge in [0.1, 0.15) is 11.6 Å². The van der Waals surface area contributed by atoms with E-state index in [9.17, 15) is 9.18 Å². The average Bonchev–Trinajstić information content (AvgIpc) is 2.39. The first-order chi connectivity index (χ1) is 9.15. The third-order valence-corrected chi connectivity index (χ3v) is 4.09. The van der Waals surface area contributed by atoms with Gasteiger partial charge in [-0.15, -0.1) is 11.8 Å². The number of carbonyl (C=O) groups is 1. The number of halogens is 2. The number of benzene rings is 2. The molecule has 0 fully saturated rings. The fourth-order valence-electron chi connectivity index (χ4n) is 1.63. The zero-order chi connectivity index (χ0) is 13.7. The second-order valence-corrected chi connectivity index (χ2v) is 6.02. The summed E-state index contributed by atoms with van der Waals surface area (Å²) >= 11 is 4.85. The molecule has 0 amide bonds. The number of carbonyl (C=O) groups excluding carboxylic acids is 1. The van der Waals surface area contributed by atoms with Gasteiger partial charge in [-0.05, 0) is 29.8 Å². The molecule has 2 rings (SSSR count). The van der Waals surface area contributed by atoms with Crippen LogP contribution in [0, 0.1) is 5.82 Å². The van der Waals surface area contributed by atoms with Gasteiger partial charge in [0.2, 0.25) is 0 Å². The number of rotatable bonds is 5. The van der Waals surface area contributed by atoms with Crippen molar-refractivity contribution < 1.29 is 9.18 Å². The van der Waals surface area contributed by atoms with Crippen molar-refractivity contribution in [3.8, 4) is 0 Å². The van der Waals surface area contributed by atoms with Crippen LogP contribution in [-0.2, 0) is 11.2 Å². The summed E-state index contributed by atoms with van der Waals surface area (Å²) in [6.07, 6.45) is 0.147. The summed E-state index contributed by atoms with van der Waals surface area (Å²) in [6.45, 7) is 0. The van der Waals surface area contributed by atoms with Crippen molar-refractivity contribution in [2.45, 2.75) is 11.3 Å². The summed E-state index contributed by atoms with van der Waals surface area (Å²) < 4.78 is 14.4. The van der Waals surface area contributed by atoms with Crippen LogP contribution in [0.3, 0.4) is 0 Å². The maximum absolute atomic E-state index is 13.4. The predicted octanol–water partition coefficient (Wildman–Crippen LogP) is 4.49. The molecule has 19 heavy (non-hydrogen) atoms. The second kappa shape index (κ2) is 6.87. The van der Waals surface area contributed by atoms with Gasteiger partial charge in [-0.2, -0.15) is 0 Å². The third kappa shape index (κ3) is 4.48. The minimum absolute atomic E-state index is 0.0232. The van der Waals surface area contributed by atoms with Gasteiger partial charge in [-0.25, -0.2) is 4.39 Å². The van der Waals surface area contributed by atoms with Crippen LogP contribution in [-0.4, -0.2) is 11.5 Å². The molecule has 98 valence electrons. The van der Waals surface area contributed by atoms with Crippen LogP contribution < -0.4 is 0 Å². The average molecular weight is 339 g/mol. The van der Waals surface area contributed by atoms with Crippen LogP contribution in [0.25, 0.3) is 0 Å². The topological polar surface area (TPSA) is 17.1 Å². The highest BCUT2D eigenvalue weighted by Crippen LogP contribution is 2.22. The molecule has 0 aliphatic rings. The van der Waals surface area contributed by atoms with Gasteiger partial charge in [0.05, 0.1) is 5.75 Å². The van der Waals surface area contributed by atoms with Crippen LogP contribution in [0.2, 0.25) is 0 Å². The van der Waals surface area contributed by atoms with E-state index < -0.39 is 0 Å². The molecule has 0 heterocycles. The molecule has 0 saturated carbocycles. The van der Waals surface area contributed by atoms with Gasteiger partial charge in [-0.3, -0.25) is 4.79 Å². The Labute approximate surface area is 124 Å². The Morgan fingerprint density at radius 3 is 2.68 bits per heavy atom. The van der Waals surface area contributed by atoms with Gasteiger partial charge in [0.25, 0.3) is 0 Å². The fourth-order valence-corrected chi connectivity index (χ4v) is 2.99. The first kappa shape index (κ1) is 14.3. The third-order valence-electron chi connectivity index (χ3n) is 2.54. The summed E-state index contributed by atoms with van der Waals surface area (Å²) in [5.41, 5.74) is 0.461. The van der Waals surface area contributed by atoms with Gasteiger partial charge in [0.15, 0.2) is 0 Å². The van der Waals surface area contributed by atoms with E-state index in [1.807, 2.05) is 24.3 Å². The molecular weight excluding hydrogens is 327 g/mol. The van der Waals surface area contributed by atoms with E-state index in [0.717, 1.165) is 9.37 Å². The van der Waals surface area contributed by atoms with Crippen molar-refractivity contribution >= 4 is 33.5 Å². The number of hydrogen-bond donors (Lipinski definition) is 0. The first-order valence-corrected chi connectivity index (χ1v) is 7.56. The molecule has 1 nitrogen and oxygen atoms in total. The number of hydrogen-bond acceptors (Lipinski definition) is 2. The highest BCUT2D eigenvalue weighted by Gasteiger charge is 2.08. The lowest BCUT2D eigenvalue weighted by molar-refractivity contribution is -0.116. The van der Waals surface area contributed by atoms with E-state index in [0.29, 0.717) is 11.3 Å². The van der Waals surface area contributed by atoms with Crippen molar-refractivity contribution in [3.63, 3.8) is 0 Å². The molecule has 2 aromatic rings. The van der Waals surface area contributed by atoms with Crippen molar-refractivity contribution in [1.82, 2.24) is 0 Å². The Hall–Kier alpha value is -1.13. The van der Waals surface area contributed by atoms with Crippen molar-refractivity contribution in [2.24, 2.45) is 0 Å². The van der Waals surface area contributed by atoms with Crippen LogP contribution in [0.1, 0.15) is 5.56 Å². The maximum Gasteiger partial charge on any atom is 0.147 e. The molecule has 2 aromatic carbocycles. The summed E-state index contributed by atoms with van der Waals surface area (Å²) in [5, 5.41) is 0. The highest BCUT2D eigenvalue weighted by atomic mass is 79.9. The maximum atomic E-state index is 13.4. The van der Waals surface area contributed by atoms with Gasteiger partial charge >= 0.3 is 0 Å². The number of Topliss-reactive ketones (excluding diaryl/α,β-unsaturated/α-hetero) is 1. The monoisotopic (exact) mass is 338 g/mol. The summed E-state index contributed by atoms with van der Waals surface area (Å²) in [6, 6.07) is 14.2. The standard InChI is InChI=1S/C15H12BrFOS/c16-12-5-3-6-14(9-12)19-10-13(18)8-11-4-1-2-7-15(11)17/h1-7,9H,8,10H2. The molecule has 0 radical (unpaired) electrons. The van der Waals surface area contributed by atoms with Crippen molar-refractivity contribution in [3.05, 3.63) is 64.4 Å². The Kier molecular flexibility index (Phi) is 5.16. The van der Waals surface area contributed by atoms with Gasteiger partial charge in [0, 0.05) is 15.8 Å². The molecule has 0 aromatic heterocycles. The SMILES string of the molecule is O=C(CSc1cccc(Br)c1)Cc1ccccc1F. The lowest BCUT2D eigenvalue weighted by Crippen LogP contribution is -2.07. The van der Waals surface area contributed by atoms with Gasteiger partial charge in [-0.1, -0.05) is 40.2 Å². The Morgan fingerprint density at radius 2 is 1.95 bits per heavy atom. The Bertz CT molecular complexity index is 586. The largest absolute Gasteiger partial charge is 0.298 e. The molecule has 0 N–H and O–H groups in total. The van der Waals surface area contributed by atoms with Crippen LogP contribution in [0.15, 0.2) is 57.9 Å². The van der Waals surface area contributed by atoms with E-state index in [1.165, 1.54) is 17.8 Å². The number of thioether (sulfide) groups is 1. The second-order valence-electron chi connectivity index (χ2n) is 4.05. The molecular formula is C15H12BrFOS. The van der Waals surface area contributed by atoms with E-state index >= 15 is 0 Å². The lowest BCUT2D eigenvalue weighted by Gasteiger charge is -2.03. The molecule has 0 saturated heterocycles. The molecule has 0 spiro atoms. The Balaban J connectivity index is 1.90. The van der Waals surface area contributed by atoms with Crippen molar-refractivity contribution in [1.29, 1.82) is 0 Å².